The lowest BCUT2D eigenvalue weighted by Crippen LogP contribution is -2.19. The number of hydrogen-bond donors (Lipinski definition) is 1. The summed E-state index contributed by atoms with van der Waals surface area (Å²) in [5.74, 6) is -1.51. The van der Waals surface area contributed by atoms with E-state index in [1.807, 2.05) is 0 Å². The third-order valence-electron chi connectivity index (χ3n) is 4.41. The second-order valence-corrected chi connectivity index (χ2v) is 7.62. The highest BCUT2D eigenvalue weighted by molar-refractivity contribution is 7.83. The van der Waals surface area contributed by atoms with Gasteiger partial charge in [0.25, 0.3) is 5.91 Å². The maximum atomic E-state index is 14.0. The molecule has 9 heteroatoms. The fourth-order valence-corrected chi connectivity index (χ4v) is 4.32. The fourth-order valence-electron chi connectivity index (χ4n) is 3.05. The number of aromatic nitrogens is 2. The summed E-state index contributed by atoms with van der Waals surface area (Å²) in [5, 5.41) is 6.99. The number of anilines is 1. The van der Waals surface area contributed by atoms with E-state index in [9.17, 15) is 17.8 Å². The van der Waals surface area contributed by atoms with Crippen LogP contribution in [0.4, 0.5) is 14.6 Å². The Balaban J connectivity index is 1.77. The molecule has 144 valence electrons. The van der Waals surface area contributed by atoms with Crippen LogP contribution in [0.3, 0.4) is 0 Å². The summed E-state index contributed by atoms with van der Waals surface area (Å²) in [5.41, 5.74) is 1.11. The second-order valence-electron chi connectivity index (χ2n) is 6.16. The molecule has 0 radical (unpaired) electrons. The molecule has 1 unspecified atom stereocenters. The van der Waals surface area contributed by atoms with Gasteiger partial charge in [-0.3, -0.25) is 9.00 Å². The molecule has 2 aromatic carbocycles. The van der Waals surface area contributed by atoms with Crippen LogP contribution in [0.1, 0.15) is 21.6 Å². The molecule has 1 aromatic heterocycles. The van der Waals surface area contributed by atoms with Crippen LogP contribution in [-0.2, 0) is 22.3 Å². The highest BCUT2D eigenvalue weighted by atomic mass is 32.2. The third kappa shape index (κ3) is 3.18. The minimum Gasteiger partial charge on any atom is -0.497 e. The zero-order valence-electron chi connectivity index (χ0n) is 14.7. The van der Waals surface area contributed by atoms with Crippen molar-refractivity contribution < 1.29 is 22.5 Å². The van der Waals surface area contributed by atoms with E-state index in [0.717, 1.165) is 12.1 Å². The van der Waals surface area contributed by atoms with Crippen LogP contribution in [0.15, 0.2) is 42.5 Å². The zero-order valence-corrected chi connectivity index (χ0v) is 15.6. The lowest BCUT2D eigenvalue weighted by atomic mass is 10.1. The van der Waals surface area contributed by atoms with Crippen LogP contribution in [0, 0.1) is 11.6 Å². The Kier molecular flexibility index (Phi) is 4.68. The first-order chi connectivity index (χ1) is 13.5. The predicted molar refractivity (Wildman–Crippen MR) is 100.0 cm³/mol. The van der Waals surface area contributed by atoms with Gasteiger partial charge in [-0.25, -0.2) is 13.5 Å². The number of benzene rings is 2. The van der Waals surface area contributed by atoms with Crippen LogP contribution in [0.2, 0.25) is 0 Å². The zero-order chi connectivity index (χ0) is 19.8. The Labute approximate surface area is 161 Å². The molecule has 0 fully saturated rings. The number of nitrogens with one attached hydrogen (secondary N) is 1. The molecule has 1 aliphatic rings. The Morgan fingerprint density at radius 1 is 1.14 bits per heavy atom. The summed E-state index contributed by atoms with van der Waals surface area (Å²) >= 11 is 0. The maximum absolute atomic E-state index is 14.0. The highest BCUT2D eigenvalue weighted by Gasteiger charge is 2.29. The van der Waals surface area contributed by atoms with Crippen LogP contribution >= 0.6 is 0 Å². The van der Waals surface area contributed by atoms with Crippen LogP contribution in [-0.4, -0.2) is 27.0 Å². The van der Waals surface area contributed by atoms with Gasteiger partial charge in [0.05, 0.1) is 30.0 Å². The molecule has 1 amide bonds. The molecule has 0 bridgehead atoms. The molecule has 1 aliphatic heterocycles. The number of halogens is 2. The summed E-state index contributed by atoms with van der Waals surface area (Å²) in [4.78, 5) is 12.6. The highest BCUT2D eigenvalue weighted by Crippen LogP contribution is 2.32. The number of nitrogens with zero attached hydrogens (tertiary/aromatic N) is 2. The number of ether oxygens (including phenoxy) is 1. The average molecular weight is 403 g/mol. The molecule has 1 atom stereocenters. The van der Waals surface area contributed by atoms with Crippen molar-refractivity contribution in [3.05, 3.63) is 70.9 Å². The number of fused-ring (bicyclic) bond motifs is 1. The van der Waals surface area contributed by atoms with Crippen molar-refractivity contribution in [3.63, 3.8) is 0 Å². The lowest BCUT2D eigenvalue weighted by Gasteiger charge is -2.12. The van der Waals surface area contributed by atoms with E-state index in [4.69, 9.17) is 4.74 Å². The minimum absolute atomic E-state index is 0.209. The molecule has 28 heavy (non-hydrogen) atoms. The van der Waals surface area contributed by atoms with Crippen LogP contribution in [0.5, 0.6) is 5.75 Å². The smallest absolute Gasteiger partial charge is 0.262 e. The molecule has 4 rings (SSSR count). The van der Waals surface area contributed by atoms with Gasteiger partial charge in [-0.05, 0) is 36.4 Å². The number of carbonyl (C=O) groups excluding carboxylic acids is 1. The number of carbonyl (C=O) groups is 1. The molecule has 0 saturated heterocycles. The second kappa shape index (κ2) is 7.16. The molecule has 0 saturated carbocycles. The topological polar surface area (TPSA) is 73.2 Å². The molecule has 0 spiro atoms. The normalized spacial score (nSPS) is 15.3. The van der Waals surface area contributed by atoms with E-state index < -0.39 is 33.9 Å². The summed E-state index contributed by atoms with van der Waals surface area (Å²) < 4.78 is 46.5. The number of amides is 1. The number of rotatable bonds is 4. The van der Waals surface area contributed by atoms with Crippen LogP contribution < -0.4 is 10.1 Å². The van der Waals surface area contributed by atoms with Gasteiger partial charge >= 0.3 is 0 Å². The molecule has 6 nitrogen and oxygen atoms in total. The summed E-state index contributed by atoms with van der Waals surface area (Å²) in [6.45, 7) is 0. The average Bonchev–Trinajstić information content (AvgIpc) is 3.19. The quantitative estimate of drug-likeness (QED) is 0.726. The molecule has 2 heterocycles. The van der Waals surface area contributed by atoms with Gasteiger partial charge in [0.1, 0.15) is 28.8 Å². The molecule has 1 N–H and O–H groups in total. The van der Waals surface area contributed by atoms with Gasteiger partial charge in [0, 0.05) is 16.4 Å². The lowest BCUT2D eigenvalue weighted by molar-refractivity contribution is 0.101. The summed E-state index contributed by atoms with van der Waals surface area (Å²) in [7, 11) is 0.411. The molecular weight excluding hydrogens is 388 g/mol. The van der Waals surface area contributed by atoms with Crippen molar-refractivity contribution in [2.24, 2.45) is 0 Å². The predicted octanol–water partition coefficient (Wildman–Crippen LogP) is 3.17. The van der Waals surface area contributed by atoms with Crippen molar-refractivity contribution in [1.29, 1.82) is 0 Å². The van der Waals surface area contributed by atoms with Crippen molar-refractivity contribution in [3.8, 4) is 11.4 Å². The first-order valence-corrected chi connectivity index (χ1v) is 9.82. The Morgan fingerprint density at radius 2 is 1.82 bits per heavy atom. The minimum atomic E-state index is -1.13. The van der Waals surface area contributed by atoms with E-state index in [0.29, 0.717) is 22.7 Å². The van der Waals surface area contributed by atoms with Crippen LogP contribution in [0.25, 0.3) is 5.69 Å². The molecule has 0 aliphatic carbocycles. The third-order valence-corrected chi connectivity index (χ3v) is 5.61. The maximum Gasteiger partial charge on any atom is 0.262 e. The fraction of sp³-hybridized carbons (Fsp3) is 0.158. The number of hydrogen-bond acceptors (Lipinski definition) is 4. The SMILES string of the molecule is COc1ccc(-n2nc3c(c2NC(=O)c2c(F)cccc2F)CS(=O)C3)cc1. The van der Waals surface area contributed by atoms with Crippen molar-refractivity contribution in [2.45, 2.75) is 11.5 Å². The first kappa shape index (κ1) is 18.3. The summed E-state index contributed by atoms with van der Waals surface area (Å²) in [6, 6.07) is 10.1. The first-order valence-electron chi connectivity index (χ1n) is 8.33. The van der Waals surface area contributed by atoms with Gasteiger partial charge in [0.2, 0.25) is 0 Å². The van der Waals surface area contributed by atoms with Gasteiger partial charge in [-0.2, -0.15) is 5.10 Å². The van der Waals surface area contributed by atoms with Gasteiger partial charge in [-0.1, -0.05) is 6.07 Å². The largest absolute Gasteiger partial charge is 0.497 e. The number of methoxy groups -OCH3 is 1. The van der Waals surface area contributed by atoms with Crippen molar-refractivity contribution in [1.82, 2.24) is 9.78 Å². The van der Waals surface area contributed by atoms with E-state index in [-0.39, 0.29) is 17.3 Å². The Hall–Kier alpha value is -3.07. The molecular formula is C19H15F2N3O3S. The van der Waals surface area contributed by atoms with Gasteiger partial charge < -0.3 is 10.1 Å². The monoisotopic (exact) mass is 403 g/mol. The van der Waals surface area contributed by atoms with Crippen molar-refractivity contribution >= 4 is 22.5 Å². The van der Waals surface area contributed by atoms with E-state index in [1.54, 1.807) is 31.4 Å². The summed E-state index contributed by atoms with van der Waals surface area (Å²) in [6.07, 6.45) is 0. The standard InChI is InChI=1S/C19H15F2N3O3S/c1-27-12-7-5-11(6-8-12)24-18(13-9-28(26)10-16(13)23-24)22-19(25)17-14(20)3-2-4-15(17)21/h2-8H,9-10H2,1H3,(H,22,25). The van der Waals surface area contributed by atoms with E-state index >= 15 is 0 Å². The Bertz CT molecular complexity index is 1080. The van der Waals surface area contributed by atoms with Gasteiger partial charge in [0.15, 0.2) is 0 Å². The van der Waals surface area contributed by atoms with E-state index in [1.165, 1.54) is 10.7 Å². The van der Waals surface area contributed by atoms with Gasteiger partial charge in [-0.15, -0.1) is 0 Å². The Morgan fingerprint density at radius 3 is 2.46 bits per heavy atom. The molecule has 3 aromatic rings. The van der Waals surface area contributed by atoms with E-state index in [2.05, 4.69) is 10.4 Å². The van der Waals surface area contributed by atoms with Crippen molar-refractivity contribution in [2.75, 3.05) is 12.4 Å².